The van der Waals surface area contributed by atoms with Gasteiger partial charge in [0.1, 0.15) is 41.5 Å². The van der Waals surface area contributed by atoms with E-state index >= 15 is 0 Å². The maximum absolute atomic E-state index is 13.5. The number of aromatic amines is 1. The molecule has 2 unspecified atom stereocenters. The number of H-pyrrole nitrogens is 1. The summed E-state index contributed by atoms with van der Waals surface area (Å²) in [7, 11) is 0. The lowest BCUT2D eigenvalue weighted by Crippen LogP contribution is -2.29. The molecule has 0 aliphatic carbocycles. The molecule has 0 bridgehead atoms. The van der Waals surface area contributed by atoms with Crippen molar-refractivity contribution in [2.24, 2.45) is 5.92 Å². The summed E-state index contributed by atoms with van der Waals surface area (Å²) in [5.74, 6) is -1.65. The van der Waals surface area contributed by atoms with Gasteiger partial charge in [0.15, 0.2) is 22.6 Å². The van der Waals surface area contributed by atoms with Crippen LogP contribution in [0.5, 0.6) is 0 Å². The van der Waals surface area contributed by atoms with Crippen LogP contribution in [-0.4, -0.2) is 69.8 Å². The summed E-state index contributed by atoms with van der Waals surface area (Å²) in [6.07, 6.45) is -4.11. The molecule has 4 aromatic rings. The largest absolute Gasteiger partial charge is 0.389 e. The number of Topliss-reactive ketones (excluding diaryl/α,β-unsaturated/α-hetero) is 1. The molecule has 2 saturated heterocycles. The molecular weight excluding hydrogens is 700 g/mol. The molecule has 25 heteroatoms. The topological polar surface area (TPSA) is 281 Å². The summed E-state index contributed by atoms with van der Waals surface area (Å²) in [6, 6.07) is 0. The van der Waals surface area contributed by atoms with Gasteiger partial charge in [-0.3, -0.25) is 42.1 Å². The van der Waals surface area contributed by atoms with Crippen molar-refractivity contribution in [1.82, 2.24) is 34.1 Å². The SMILES string of the molecule is C[C@H]1C(=O)[C@@H](OP(=O)(S)O[C@H]2C[C@H](n3c(=O)sc4c(N)ncnc43)O[C@@H]2COP(=O)(O)S)O[C@H]1n1cnc2c(=O)[nH]c(N)nc21. The van der Waals surface area contributed by atoms with E-state index in [2.05, 4.69) is 49.4 Å². The van der Waals surface area contributed by atoms with Gasteiger partial charge in [-0.2, -0.15) is 4.98 Å². The zero-order valence-electron chi connectivity index (χ0n) is 22.6. The number of nitrogen functional groups attached to an aromatic ring is 2. The van der Waals surface area contributed by atoms with E-state index < -0.39 is 73.3 Å². The van der Waals surface area contributed by atoms with Crippen LogP contribution in [0.4, 0.5) is 11.8 Å². The van der Waals surface area contributed by atoms with Gasteiger partial charge >= 0.3 is 18.5 Å². The van der Waals surface area contributed by atoms with Crippen LogP contribution in [0, 0.1) is 5.92 Å². The molecule has 0 spiro atoms. The number of nitrogens with one attached hydrogen (secondary N) is 1. The number of anilines is 2. The van der Waals surface area contributed by atoms with Crippen LogP contribution in [-0.2, 0) is 37.0 Å². The molecule has 6 N–H and O–H groups in total. The fraction of sp³-hybridized carbons (Fsp3) is 0.450. The Balaban J connectivity index is 1.22. The fourth-order valence-corrected chi connectivity index (χ4v) is 7.96. The lowest BCUT2D eigenvalue weighted by atomic mass is 10.1. The van der Waals surface area contributed by atoms with Gasteiger partial charge in [0.2, 0.25) is 12.2 Å². The number of carbonyl (C=O) groups is 1. The number of ketones is 1. The van der Waals surface area contributed by atoms with Gasteiger partial charge in [0.05, 0.1) is 18.9 Å². The Kier molecular flexibility index (Phi) is 8.48. The highest BCUT2D eigenvalue weighted by molar-refractivity contribution is 8.44. The number of carbonyl (C=O) groups excluding carboxylic acids is 1. The molecule has 2 fully saturated rings. The Morgan fingerprint density at radius 2 is 1.91 bits per heavy atom. The van der Waals surface area contributed by atoms with Crippen LogP contribution in [0.25, 0.3) is 21.5 Å². The molecule has 6 heterocycles. The van der Waals surface area contributed by atoms with E-state index in [1.807, 2.05) is 0 Å². The van der Waals surface area contributed by atoms with Gasteiger partial charge in [-0.25, -0.2) is 24.1 Å². The highest BCUT2D eigenvalue weighted by Gasteiger charge is 2.48. The summed E-state index contributed by atoms with van der Waals surface area (Å²) in [5, 5.41) is 0. The first-order valence-corrected chi connectivity index (χ1v) is 18.9. The minimum Gasteiger partial charge on any atom is -0.382 e. The zero-order chi connectivity index (χ0) is 32.4. The summed E-state index contributed by atoms with van der Waals surface area (Å²) in [4.78, 5) is 65.5. The predicted molar refractivity (Wildman–Crippen MR) is 163 cm³/mol. The third-order valence-electron chi connectivity index (χ3n) is 6.90. The van der Waals surface area contributed by atoms with Crippen molar-refractivity contribution in [2.75, 3.05) is 18.1 Å². The molecule has 6 rings (SSSR count). The van der Waals surface area contributed by atoms with Gasteiger partial charge in [-0.05, 0) is 0 Å². The summed E-state index contributed by atoms with van der Waals surface area (Å²) in [5.41, 5.74) is 11.1. The normalized spacial score (nSPS) is 28.1. The van der Waals surface area contributed by atoms with Crippen molar-refractivity contribution in [3.05, 3.63) is 32.7 Å². The minimum atomic E-state index is -4.48. The molecule has 4 aromatic heterocycles. The number of nitrogens with two attached hydrogens (primary N) is 2. The number of thiol groups is 2. The van der Waals surface area contributed by atoms with Crippen LogP contribution in [0.2, 0.25) is 0 Å². The lowest BCUT2D eigenvalue weighted by molar-refractivity contribution is -0.143. The van der Waals surface area contributed by atoms with E-state index in [4.69, 9.17) is 34.5 Å². The average Bonchev–Trinajstić information content (AvgIpc) is 3.68. The molecule has 0 radical (unpaired) electrons. The quantitative estimate of drug-likeness (QED) is 0.104. The van der Waals surface area contributed by atoms with Crippen molar-refractivity contribution >= 4 is 88.5 Å². The van der Waals surface area contributed by atoms with E-state index in [1.54, 1.807) is 0 Å². The second-order valence-electron chi connectivity index (χ2n) is 9.84. The third-order valence-corrected chi connectivity index (χ3v) is 10.3. The number of hydrogen-bond acceptors (Lipinski definition) is 17. The van der Waals surface area contributed by atoms with Crippen LogP contribution < -0.4 is 21.9 Å². The zero-order valence-corrected chi connectivity index (χ0v) is 27.0. The fourth-order valence-electron chi connectivity index (χ4n) is 4.91. The van der Waals surface area contributed by atoms with Crippen LogP contribution >= 0.6 is 49.4 Å². The Morgan fingerprint density at radius 3 is 2.64 bits per heavy atom. The van der Waals surface area contributed by atoms with Crippen LogP contribution in [0.1, 0.15) is 25.8 Å². The van der Waals surface area contributed by atoms with E-state index in [-0.39, 0.29) is 35.0 Å². The average molecular weight is 724 g/mol. The van der Waals surface area contributed by atoms with Crippen LogP contribution in [0.15, 0.2) is 22.2 Å². The molecule has 2 aliphatic rings. The highest BCUT2D eigenvalue weighted by atomic mass is 32.7. The van der Waals surface area contributed by atoms with Crippen LogP contribution in [0.3, 0.4) is 0 Å². The van der Waals surface area contributed by atoms with Gasteiger partial charge < -0.3 is 25.8 Å². The standard InChI is InChI=1S/C20H23N9O11P2S3/c1-6-11(30)18(38-17(6)28-5-25-10-14(28)26-19(22)27-16(10)31)40-42(35,44)39-7-2-9(37-8(7)3-36-41(33,34)43)29-15-12(45-20(29)32)13(21)23-4-24-15/h4-9,17-18H,2-3H2,1H3,(H,35,44)(H2,21,23,24)(H2,33,34,43)(H3,22,26,27,31)/t6-,7-,8+,9+,17+,18+,42?/m0/s1. The van der Waals surface area contributed by atoms with E-state index in [0.29, 0.717) is 4.70 Å². The summed E-state index contributed by atoms with van der Waals surface area (Å²) < 4.78 is 55.6. The number of aromatic nitrogens is 7. The first-order chi connectivity index (χ1) is 21.1. The van der Waals surface area contributed by atoms with Gasteiger partial charge in [-0.1, -0.05) is 42.8 Å². The first kappa shape index (κ1) is 32.3. The van der Waals surface area contributed by atoms with E-state index in [0.717, 1.165) is 17.7 Å². The first-order valence-electron chi connectivity index (χ1n) is 12.7. The Morgan fingerprint density at radius 1 is 1.16 bits per heavy atom. The van der Waals surface area contributed by atoms with Crippen molar-refractivity contribution < 1.29 is 41.9 Å². The number of nitrogens with zero attached hydrogens (tertiary/aromatic N) is 6. The number of hydrogen-bond donors (Lipinski definition) is 6. The molecular formula is C20H23N9O11P2S3. The van der Waals surface area contributed by atoms with E-state index in [9.17, 15) is 28.4 Å². The van der Waals surface area contributed by atoms with Gasteiger partial charge in [0, 0.05) is 6.42 Å². The minimum absolute atomic E-state index is 0.0393. The number of rotatable bonds is 9. The van der Waals surface area contributed by atoms with Gasteiger partial charge in [0.25, 0.3) is 5.56 Å². The number of fused-ring (bicyclic) bond motifs is 2. The Bertz CT molecular complexity index is 2030. The Hall–Kier alpha value is -2.69. The maximum atomic E-state index is 13.5. The predicted octanol–water partition coefficient (Wildman–Crippen LogP) is 0.985. The molecule has 0 aromatic carbocycles. The molecule has 242 valence electrons. The number of ether oxygens (including phenoxy) is 2. The van der Waals surface area contributed by atoms with E-state index in [1.165, 1.54) is 22.4 Å². The third kappa shape index (κ3) is 6.34. The maximum Gasteiger partial charge on any atom is 0.389 e. The summed E-state index contributed by atoms with van der Waals surface area (Å²) >= 11 is 8.29. The second kappa shape index (κ2) is 11.8. The van der Waals surface area contributed by atoms with Crippen molar-refractivity contribution in [3.8, 4) is 0 Å². The second-order valence-corrected chi connectivity index (χ2v) is 16.4. The molecule has 2 aliphatic heterocycles. The number of imidazole rings is 1. The molecule has 0 saturated carbocycles. The molecule has 20 nitrogen and oxygen atoms in total. The molecule has 45 heavy (non-hydrogen) atoms. The summed E-state index contributed by atoms with van der Waals surface area (Å²) in [6.45, 7) is -7.85. The van der Waals surface area contributed by atoms with Crippen molar-refractivity contribution in [3.63, 3.8) is 0 Å². The van der Waals surface area contributed by atoms with Crippen molar-refractivity contribution in [2.45, 2.75) is 44.3 Å². The molecule has 0 amide bonds. The lowest BCUT2D eigenvalue weighted by Gasteiger charge is -2.23. The van der Waals surface area contributed by atoms with Crippen molar-refractivity contribution in [1.29, 1.82) is 0 Å². The number of thiazole rings is 1. The highest BCUT2D eigenvalue weighted by Crippen LogP contribution is 2.58. The Labute approximate surface area is 264 Å². The monoisotopic (exact) mass is 723 g/mol. The van der Waals surface area contributed by atoms with Gasteiger partial charge in [-0.15, -0.1) is 0 Å². The molecule has 8 atom stereocenters. The smallest absolute Gasteiger partial charge is 0.382 e.